The Morgan fingerprint density at radius 2 is 1.92 bits per heavy atom. The molecule has 0 aliphatic carbocycles. The summed E-state index contributed by atoms with van der Waals surface area (Å²) >= 11 is 0. The molecular formula is C12H22O. The predicted molar refractivity (Wildman–Crippen MR) is 58.3 cm³/mol. The Morgan fingerprint density at radius 1 is 1.38 bits per heavy atom. The van der Waals surface area contributed by atoms with Gasteiger partial charge >= 0.3 is 0 Å². The molecule has 0 saturated carbocycles. The van der Waals surface area contributed by atoms with Crippen molar-refractivity contribution in [2.45, 2.75) is 47.5 Å². The lowest BCUT2D eigenvalue weighted by atomic mass is 9.91. The van der Waals surface area contributed by atoms with Crippen LogP contribution in [0.2, 0.25) is 0 Å². The average molecular weight is 182 g/mol. The zero-order valence-electron chi connectivity index (χ0n) is 9.61. The van der Waals surface area contributed by atoms with Gasteiger partial charge in [0.1, 0.15) is 0 Å². The van der Waals surface area contributed by atoms with E-state index in [1.165, 1.54) is 0 Å². The molecule has 0 spiro atoms. The summed E-state index contributed by atoms with van der Waals surface area (Å²) in [6, 6.07) is 0. The van der Waals surface area contributed by atoms with Gasteiger partial charge in [-0.3, -0.25) is 0 Å². The summed E-state index contributed by atoms with van der Waals surface area (Å²) in [6.45, 7) is 14.5. The van der Waals surface area contributed by atoms with E-state index >= 15 is 0 Å². The number of hydrogen-bond donors (Lipinski definition) is 0. The van der Waals surface area contributed by atoms with Gasteiger partial charge in [0.2, 0.25) is 0 Å². The zero-order valence-corrected chi connectivity index (χ0v) is 9.61. The highest BCUT2D eigenvalue weighted by Gasteiger charge is 2.14. The fourth-order valence-electron chi connectivity index (χ4n) is 0.977. The molecule has 0 rings (SSSR count). The van der Waals surface area contributed by atoms with Crippen molar-refractivity contribution < 1.29 is 4.74 Å². The van der Waals surface area contributed by atoms with Crippen LogP contribution in [0.4, 0.5) is 0 Å². The van der Waals surface area contributed by atoms with Gasteiger partial charge in [-0.25, -0.2) is 0 Å². The predicted octanol–water partition coefficient (Wildman–Crippen LogP) is 4.27. The Bertz CT molecular complexity index is 194. The lowest BCUT2D eigenvalue weighted by Gasteiger charge is -2.20. The summed E-state index contributed by atoms with van der Waals surface area (Å²) in [4.78, 5) is 0. The summed E-state index contributed by atoms with van der Waals surface area (Å²) < 4.78 is 5.59. The van der Waals surface area contributed by atoms with Gasteiger partial charge in [-0.05, 0) is 18.4 Å². The number of ether oxygens (including phenoxy) is 1. The Hall–Kier alpha value is -0.720. The van der Waals surface area contributed by atoms with E-state index in [2.05, 4.69) is 27.4 Å². The smallest absolute Gasteiger partial charge is 0.0998 e. The Balaban J connectivity index is 4.15. The van der Waals surface area contributed by atoms with Gasteiger partial charge in [0.25, 0.3) is 0 Å². The zero-order chi connectivity index (χ0) is 10.5. The van der Waals surface area contributed by atoms with Gasteiger partial charge in [0, 0.05) is 12.8 Å². The van der Waals surface area contributed by atoms with Crippen LogP contribution in [0.25, 0.3) is 0 Å². The van der Waals surface area contributed by atoms with E-state index in [0.29, 0.717) is 0 Å². The van der Waals surface area contributed by atoms with Crippen molar-refractivity contribution in [3.63, 3.8) is 0 Å². The molecule has 0 aromatic heterocycles. The molecule has 0 aliphatic heterocycles. The molecule has 1 nitrogen and oxygen atoms in total. The second-order valence-electron chi connectivity index (χ2n) is 4.49. The number of hydrogen-bond acceptors (Lipinski definition) is 1. The van der Waals surface area contributed by atoms with Crippen LogP contribution in [0.15, 0.2) is 24.2 Å². The minimum absolute atomic E-state index is 0.274. The molecule has 0 saturated heterocycles. The number of rotatable bonds is 4. The average Bonchev–Trinajstić information content (AvgIpc) is 2.00. The molecule has 0 aliphatic rings. The second kappa shape index (κ2) is 5.11. The normalized spacial score (nSPS) is 12.8. The van der Waals surface area contributed by atoms with Gasteiger partial charge < -0.3 is 4.74 Å². The molecule has 0 unspecified atom stereocenters. The third kappa shape index (κ3) is 6.44. The maximum Gasteiger partial charge on any atom is 0.0998 e. The van der Waals surface area contributed by atoms with Crippen LogP contribution < -0.4 is 0 Å². The largest absolute Gasteiger partial charge is 0.467 e. The van der Waals surface area contributed by atoms with Crippen LogP contribution in [0.5, 0.6) is 0 Å². The molecule has 1 heteroatoms. The summed E-state index contributed by atoms with van der Waals surface area (Å²) in [6.07, 6.45) is 3.86. The first-order valence-electron chi connectivity index (χ1n) is 4.90. The van der Waals surface area contributed by atoms with Crippen molar-refractivity contribution >= 4 is 0 Å². The summed E-state index contributed by atoms with van der Waals surface area (Å²) in [7, 11) is 0. The standard InChI is InChI=1S/C12H22O/c1-7-10(3)13-11(8-2)9-12(4,5)6/h8H,3,7,9H2,1-2,4-6H3/b11-8-. The Labute approximate surface area is 82.5 Å². The van der Waals surface area contributed by atoms with Crippen molar-refractivity contribution in [1.82, 2.24) is 0 Å². The van der Waals surface area contributed by atoms with E-state index in [-0.39, 0.29) is 5.41 Å². The van der Waals surface area contributed by atoms with Gasteiger partial charge in [0.15, 0.2) is 0 Å². The lowest BCUT2D eigenvalue weighted by molar-refractivity contribution is 0.242. The van der Waals surface area contributed by atoms with E-state index in [1.807, 2.05) is 19.9 Å². The Kier molecular flexibility index (Phi) is 4.82. The van der Waals surface area contributed by atoms with E-state index in [1.54, 1.807) is 0 Å². The van der Waals surface area contributed by atoms with Crippen LogP contribution in [0, 0.1) is 5.41 Å². The number of allylic oxidation sites excluding steroid dienone is 3. The first kappa shape index (κ1) is 12.3. The molecular weight excluding hydrogens is 160 g/mol. The van der Waals surface area contributed by atoms with Crippen molar-refractivity contribution in [2.75, 3.05) is 0 Å². The van der Waals surface area contributed by atoms with Crippen molar-refractivity contribution in [3.8, 4) is 0 Å². The topological polar surface area (TPSA) is 9.23 Å². The molecule has 0 aromatic rings. The highest BCUT2D eigenvalue weighted by atomic mass is 16.5. The maximum atomic E-state index is 5.59. The molecule has 0 heterocycles. The third-order valence-corrected chi connectivity index (χ3v) is 1.70. The SMILES string of the molecule is C=C(CC)O/C(=C\C)CC(C)(C)C. The highest BCUT2D eigenvalue weighted by molar-refractivity contribution is 4.99. The van der Waals surface area contributed by atoms with E-state index in [9.17, 15) is 0 Å². The molecule has 0 radical (unpaired) electrons. The van der Waals surface area contributed by atoms with Crippen LogP contribution in [0.3, 0.4) is 0 Å². The van der Waals surface area contributed by atoms with Gasteiger partial charge in [-0.1, -0.05) is 34.3 Å². The third-order valence-electron chi connectivity index (χ3n) is 1.70. The van der Waals surface area contributed by atoms with E-state index in [0.717, 1.165) is 24.4 Å². The van der Waals surface area contributed by atoms with Crippen molar-refractivity contribution in [3.05, 3.63) is 24.2 Å². The molecule has 76 valence electrons. The van der Waals surface area contributed by atoms with Crippen LogP contribution in [-0.4, -0.2) is 0 Å². The fraction of sp³-hybridized carbons (Fsp3) is 0.667. The van der Waals surface area contributed by atoms with Crippen LogP contribution in [-0.2, 0) is 4.74 Å². The van der Waals surface area contributed by atoms with Crippen molar-refractivity contribution in [2.24, 2.45) is 5.41 Å². The fourth-order valence-corrected chi connectivity index (χ4v) is 0.977. The first-order valence-corrected chi connectivity index (χ1v) is 4.90. The van der Waals surface area contributed by atoms with Gasteiger partial charge in [-0.15, -0.1) is 0 Å². The molecule has 0 N–H and O–H groups in total. The molecule has 0 aromatic carbocycles. The lowest BCUT2D eigenvalue weighted by Crippen LogP contribution is -2.07. The highest BCUT2D eigenvalue weighted by Crippen LogP contribution is 2.26. The van der Waals surface area contributed by atoms with Crippen LogP contribution >= 0.6 is 0 Å². The quantitative estimate of drug-likeness (QED) is 0.590. The van der Waals surface area contributed by atoms with Crippen molar-refractivity contribution in [1.29, 1.82) is 0 Å². The molecule has 0 amide bonds. The minimum atomic E-state index is 0.274. The van der Waals surface area contributed by atoms with Crippen LogP contribution in [0.1, 0.15) is 47.5 Å². The minimum Gasteiger partial charge on any atom is -0.467 e. The first-order chi connectivity index (χ1) is 5.89. The van der Waals surface area contributed by atoms with Gasteiger partial charge in [0.05, 0.1) is 11.5 Å². The second-order valence-corrected chi connectivity index (χ2v) is 4.49. The van der Waals surface area contributed by atoms with E-state index in [4.69, 9.17) is 4.74 Å². The molecule has 0 atom stereocenters. The van der Waals surface area contributed by atoms with E-state index < -0.39 is 0 Å². The molecule has 0 fully saturated rings. The Morgan fingerprint density at radius 3 is 2.23 bits per heavy atom. The maximum absolute atomic E-state index is 5.59. The molecule has 0 bridgehead atoms. The summed E-state index contributed by atoms with van der Waals surface area (Å²) in [5.41, 5.74) is 0.274. The molecule has 13 heavy (non-hydrogen) atoms. The monoisotopic (exact) mass is 182 g/mol. The van der Waals surface area contributed by atoms with Gasteiger partial charge in [-0.2, -0.15) is 0 Å². The summed E-state index contributed by atoms with van der Waals surface area (Å²) in [5.74, 6) is 1.87. The summed E-state index contributed by atoms with van der Waals surface area (Å²) in [5, 5.41) is 0.